The Labute approximate surface area is 168 Å². The van der Waals surface area contributed by atoms with Crippen LogP contribution in [-0.4, -0.2) is 63.3 Å². The first-order valence-electron chi connectivity index (χ1n) is 9.51. The average Bonchev–Trinajstić information content (AvgIpc) is 2.69. The predicted molar refractivity (Wildman–Crippen MR) is 108 cm³/mol. The second-order valence-corrected chi connectivity index (χ2v) is 9.28. The van der Waals surface area contributed by atoms with E-state index in [0.29, 0.717) is 23.9 Å². The summed E-state index contributed by atoms with van der Waals surface area (Å²) in [4.78, 5) is 15.2. The Morgan fingerprint density at radius 2 is 1.78 bits per heavy atom. The van der Waals surface area contributed by atoms with Crippen LogP contribution in [0.1, 0.15) is 25.7 Å². The Morgan fingerprint density at radius 3 is 2.41 bits per heavy atom. The Balaban J connectivity index is 0.00000261. The molecule has 1 unspecified atom stereocenters. The minimum Gasteiger partial charge on any atom is -0.342 e. The largest absolute Gasteiger partial charge is 0.342 e. The van der Waals surface area contributed by atoms with Crippen LogP contribution in [-0.2, 0) is 14.8 Å². The summed E-state index contributed by atoms with van der Waals surface area (Å²) in [5.74, 6) is 0.536. The minimum atomic E-state index is -3.52. The Bertz CT molecular complexity index is 706. The first-order valence-corrected chi connectivity index (χ1v) is 10.9. The first kappa shape index (κ1) is 22.1. The van der Waals surface area contributed by atoms with Crippen LogP contribution in [0.5, 0.6) is 0 Å². The predicted octanol–water partition coefficient (Wildman–Crippen LogP) is 1.97. The van der Waals surface area contributed by atoms with Crippen molar-refractivity contribution in [2.45, 2.75) is 30.6 Å². The van der Waals surface area contributed by atoms with Gasteiger partial charge < -0.3 is 10.2 Å². The molecular weight excluding hydrogens is 386 g/mol. The van der Waals surface area contributed by atoms with Crippen LogP contribution in [0.3, 0.4) is 0 Å². The zero-order chi connectivity index (χ0) is 18.6. The average molecular weight is 416 g/mol. The summed E-state index contributed by atoms with van der Waals surface area (Å²) >= 11 is 0. The lowest BCUT2D eigenvalue weighted by molar-refractivity contribution is -0.138. The molecule has 27 heavy (non-hydrogen) atoms. The molecule has 6 nitrogen and oxygen atoms in total. The van der Waals surface area contributed by atoms with Crippen LogP contribution in [0.15, 0.2) is 35.2 Å². The molecule has 0 bridgehead atoms. The van der Waals surface area contributed by atoms with E-state index in [1.807, 2.05) is 11.9 Å². The molecule has 0 aliphatic carbocycles. The van der Waals surface area contributed by atoms with Crippen molar-refractivity contribution >= 4 is 28.3 Å². The molecule has 2 heterocycles. The molecule has 152 valence electrons. The van der Waals surface area contributed by atoms with E-state index in [2.05, 4.69) is 5.32 Å². The van der Waals surface area contributed by atoms with E-state index in [1.165, 1.54) is 4.31 Å². The van der Waals surface area contributed by atoms with Gasteiger partial charge in [0.1, 0.15) is 0 Å². The van der Waals surface area contributed by atoms with Crippen LogP contribution >= 0.6 is 12.4 Å². The smallest absolute Gasteiger partial charge is 0.243 e. The summed E-state index contributed by atoms with van der Waals surface area (Å²) in [6, 6.07) is 8.50. The molecule has 8 heteroatoms. The van der Waals surface area contributed by atoms with Gasteiger partial charge >= 0.3 is 0 Å². The third kappa shape index (κ3) is 5.22. The van der Waals surface area contributed by atoms with Crippen LogP contribution in [0, 0.1) is 11.8 Å². The lowest BCUT2D eigenvalue weighted by Gasteiger charge is -2.37. The fourth-order valence-corrected chi connectivity index (χ4v) is 5.55. The van der Waals surface area contributed by atoms with Crippen molar-refractivity contribution in [2.24, 2.45) is 11.8 Å². The van der Waals surface area contributed by atoms with Crippen molar-refractivity contribution in [3.63, 3.8) is 0 Å². The Kier molecular flexibility index (Phi) is 8.09. The van der Waals surface area contributed by atoms with Gasteiger partial charge in [0, 0.05) is 26.2 Å². The van der Waals surface area contributed by atoms with Crippen molar-refractivity contribution in [3.8, 4) is 0 Å². The highest BCUT2D eigenvalue weighted by atomic mass is 35.5. The number of benzene rings is 1. The third-order valence-electron chi connectivity index (χ3n) is 5.53. The van der Waals surface area contributed by atoms with Crippen LogP contribution in [0.2, 0.25) is 0 Å². The summed E-state index contributed by atoms with van der Waals surface area (Å²) in [7, 11) is -1.56. The van der Waals surface area contributed by atoms with Gasteiger partial charge in [0.25, 0.3) is 0 Å². The number of amides is 1. The van der Waals surface area contributed by atoms with E-state index >= 15 is 0 Å². The van der Waals surface area contributed by atoms with Crippen molar-refractivity contribution in [1.82, 2.24) is 14.5 Å². The number of hydrogen-bond donors (Lipinski definition) is 1. The summed E-state index contributed by atoms with van der Waals surface area (Å²) < 4.78 is 27.2. The van der Waals surface area contributed by atoms with Gasteiger partial charge in [-0.1, -0.05) is 18.2 Å². The number of rotatable bonds is 5. The summed E-state index contributed by atoms with van der Waals surface area (Å²) in [6.07, 6.45) is 3.55. The molecule has 2 aliphatic heterocycles. The lowest BCUT2D eigenvalue weighted by Crippen LogP contribution is -2.49. The van der Waals surface area contributed by atoms with E-state index in [1.54, 1.807) is 30.3 Å². The summed E-state index contributed by atoms with van der Waals surface area (Å²) in [5, 5.41) is 3.21. The summed E-state index contributed by atoms with van der Waals surface area (Å²) in [6.45, 7) is 3.35. The van der Waals surface area contributed by atoms with Crippen molar-refractivity contribution in [2.75, 3.05) is 39.8 Å². The number of halogens is 1. The molecule has 1 N–H and O–H groups in total. The molecule has 3 rings (SSSR count). The number of piperidine rings is 2. The number of hydrogen-bond acceptors (Lipinski definition) is 4. The fraction of sp³-hybridized carbons (Fsp3) is 0.632. The molecule has 2 fully saturated rings. The maximum atomic E-state index is 12.9. The molecule has 1 aromatic rings. The van der Waals surface area contributed by atoms with Gasteiger partial charge in [-0.25, -0.2) is 8.42 Å². The molecule has 0 radical (unpaired) electrons. The molecule has 0 saturated carbocycles. The molecular formula is C19H30ClN3O3S. The fourth-order valence-electron chi connectivity index (χ4n) is 4.01. The van der Waals surface area contributed by atoms with Crippen LogP contribution < -0.4 is 5.32 Å². The highest BCUT2D eigenvalue weighted by Crippen LogP contribution is 2.26. The maximum absolute atomic E-state index is 12.9. The van der Waals surface area contributed by atoms with Gasteiger partial charge in [-0.3, -0.25) is 4.79 Å². The second-order valence-electron chi connectivity index (χ2n) is 7.34. The van der Waals surface area contributed by atoms with Crippen LogP contribution in [0.25, 0.3) is 0 Å². The number of carbonyl (C=O) groups excluding carboxylic acids is 1. The Hall–Kier alpha value is -1.15. The molecule has 0 aromatic heterocycles. The molecule has 1 aromatic carbocycles. The highest BCUT2D eigenvalue weighted by molar-refractivity contribution is 7.89. The topological polar surface area (TPSA) is 69.7 Å². The van der Waals surface area contributed by atoms with Gasteiger partial charge in [0.2, 0.25) is 15.9 Å². The zero-order valence-electron chi connectivity index (χ0n) is 15.8. The number of sulfonamides is 1. The molecule has 2 saturated heterocycles. The molecule has 1 amide bonds. The number of nitrogens with one attached hydrogen (secondary N) is 1. The Morgan fingerprint density at radius 1 is 1.11 bits per heavy atom. The van der Waals surface area contributed by atoms with Crippen LogP contribution in [0.4, 0.5) is 0 Å². The summed E-state index contributed by atoms with van der Waals surface area (Å²) in [5.41, 5.74) is 0. The van der Waals surface area contributed by atoms with Crippen molar-refractivity contribution < 1.29 is 13.2 Å². The van der Waals surface area contributed by atoms with Gasteiger partial charge in [0.05, 0.1) is 10.8 Å². The molecule has 2 aliphatic rings. The zero-order valence-corrected chi connectivity index (χ0v) is 17.5. The monoisotopic (exact) mass is 415 g/mol. The van der Waals surface area contributed by atoms with E-state index in [9.17, 15) is 13.2 Å². The SMILES string of the molecule is CNCC1CCN(C(=O)C2CCCN(S(=O)(=O)c3ccccc3)C2)CC1.Cl. The van der Waals surface area contributed by atoms with Crippen molar-refractivity contribution in [3.05, 3.63) is 30.3 Å². The number of likely N-dealkylation sites (tertiary alicyclic amines) is 1. The molecule has 1 atom stereocenters. The quantitative estimate of drug-likeness (QED) is 0.798. The van der Waals surface area contributed by atoms with Crippen molar-refractivity contribution in [1.29, 1.82) is 0 Å². The first-order chi connectivity index (χ1) is 12.5. The van der Waals surface area contributed by atoms with E-state index in [0.717, 1.165) is 45.3 Å². The maximum Gasteiger partial charge on any atom is 0.243 e. The van der Waals surface area contributed by atoms with Gasteiger partial charge in [-0.15, -0.1) is 12.4 Å². The van der Waals surface area contributed by atoms with E-state index in [4.69, 9.17) is 0 Å². The number of nitrogens with zero attached hydrogens (tertiary/aromatic N) is 2. The standard InChI is InChI=1S/C19H29N3O3S.ClH/c1-20-14-16-9-12-21(13-10-16)19(23)17-6-5-11-22(15-17)26(24,25)18-7-3-2-4-8-18;/h2-4,7-8,16-17,20H,5-6,9-15H2,1H3;1H. The van der Waals surface area contributed by atoms with Gasteiger partial charge in [0.15, 0.2) is 0 Å². The normalized spacial score (nSPS) is 22.3. The van der Waals surface area contributed by atoms with Gasteiger partial charge in [-0.05, 0) is 57.3 Å². The van der Waals surface area contributed by atoms with E-state index in [-0.39, 0.29) is 24.2 Å². The van der Waals surface area contributed by atoms with E-state index < -0.39 is 10.0 Å². The second kappa shape index (κ2) is 9.87. The molecule has 0 spiro atoms. The highest BCUT2D eigenvalue weighted by Gasteiger charge is 2.35. The lowest BCUT2D eigenvalue weighted by atomic mass is 9.93. The number of carbonyl (C=O) groups is 1. The third-order valence-corrected chi connectivity index (χ3v) is 7.41. The minimum absolute atomic E-state index is 0. The van der Waals surface area contributed by atoms with Gasteiger partial charge in [-0.2, -0.15) is 4.31 Å².